The van der Waals surface area contributed by atoms with Gasteiger partial charge in [-0.1, -0.05) is 36.4 Å². The summed E-state index contributed by atoms with van der Waals surface area (Å²) >= 11 is 0. The van der Waals surface area contributed by atoms with Crippen LogP contribution in [-0.4, -0.2) is 27.6 Å². The van der Waals surface area contributed by atoms with E-state index in [1.54, 1.807) is 42.7 Å². The first-order chi connectivity index (χ1) is 15.4. The topological polar surface area (TPSA) is 91.4 Å². The maximum atomic E-state index is 13.4. The number of imide groups is 1. The third-order valence-corrected chi connectivity index (χ3v) is 5.13. The van der Waals surface area contributed by atoms with Crippen molar-refractivity contribution in [3.05, 3.63) is 95.4 Å². The van der Waals surface area contributed by atoms with Gasteiger partial charge in [0.25, 0.3) is 11.8 Å². The normalized spacial score (nSPS) is 13.5. The fraction of sp³-hybridized carbons (Fsp3) is 0.120. The van der Waals surface area contributed by atoms with Crippen LogP contribution < -0.4 is 10.6 Å². The monoisotopic (exact) mass is 426 g/mol. The number of nitrogens with zero attached hydrogens (tertiary/aromatic N) is 2. The van der Waals surface area contributed by atoms with Crippen molar-refractivity contribution in [2.45, 2.75) is 20.4 Å². The Morgan fingerprint density at radius 1 is 0.969 bits per heavy atom. The minimum absolute atomic E-state index is 0.123. The van der Waals surface area contributed by atoms with Crippen molar-refractivity contribution in [3.8, 4) is 0 Å². The molecule has 0 saturated carbocycles. The molecule has 1 aliphatic heterocycles. The van der Waals surface area contributed by atoms with E-state index < -0.39 is 5.91 Å². The van der Waals surface area contributed by atoms with Crippen LogP contribution in [0, 0.1) is 6.92 Å². The molecule has 2 heterocycles. The molecule has 0 radical (unpaired) electrons. The van der Waals surface area contributed by atoms with Crippen molar-refractivity contribution in [2.24, 2.45) is 0 Å². The van der Waals surface area contributed by atoms with Gasteiger partial charge in [-0.15, -0.1) is 0 Å². The van der Waals surface area contributed by atoms with Crippen LogP contribution in [0.15, 0.2) is 78.8 Å². The van der Waals surface area contributed by atoms with E-state index in [0.717, 1.165) is 16.8 Å². The molecule has 2 N–H and O–H groups in total. The summed E-state index contributed by atoms with van der Waals surface area (Å²) in [5, 5.41) is 5.89. The summed E-state index contributed by atoms with van der Waals surface area (Å²) in [5.74, 6) is -0.973. The number of aromatic nitrogens is 1. The van der Waals surface area contributed by atoms with Crippen LogP contribution in [0.25, 0.3) is 5.57 Å². The molecule has 160 valence electrons. The number of anilines is 2. The smallest absolute Gasteiger partial charge is 0.278 e. The van der Waals surface area contributed by atoms with Crippen LogP contribution in [0.5, 0.6) is 0 Å². The molecule has 0 aliphatic carbocycles. The van der Waals surface area contributed by atoms with Crippen LogP contribution in [0.2, 0.25) is 0 Å². The van der Waals surface area contributed by atoms with Crippen LogP contribution in [0.1, 0.15) is 23.6 Å². The molecule has 1 aliphatic rings. The summed E-state index contributed by atoms with van der Waals surface area (Å²) in [6.07, 6.45) is 3.28. The van der Waals surface area contributed by atoms with Gasteiger partial charge in [-0.25, -0.2) is 0 Å². The molecular formula is C25H22N4O3. The third-order valence-electron chi connectivity index (χ3n) is 5.13. The van der Waals surface area contributed by atoms with E-state index in [1.165, 1.54) is 11.8 Å². The first-order valence-electron chi connectivity index (χ1n) is 10.1. The standard InChI is InChI=1S/C25H22N4O3/c1-16-6-3-4-8-21(16)28-23-22(19-9-11-20(12-10-19)27-17(2)30)24(31)29(25(23)32)15-18-7-5-13-26-14-18/h3-14,28H,15H2,1-2H3,(H,27,30). The van der Waals surface area contributed by atoms with E-state index in [9.17, 15) is 14.4 Å². The van der Waals surface area contributed by atoms with Crippen LogP contribution >= 0.6 is 0 Å². The van der Waals surface area contributed by atoms with Crippen molar-refractivity contribution in [2.75, 3.05) is 10.6 Å². The maximum Gasteiger partial charge on any atom is 0.278 e. The Morgan fingerprint density at radius 2 is 1.72 bits per heavy atom. The lowest BCUT2D eigenvalue weighted by atomic mass is 10.0. The minimum atomic E-state index is -0.400. The first kappa shape index (κ1) is 21.0. The maximum absolute atomic E-state index is 13.4. The predicted octanol–water partition coefficient (Wildman–Crippen LogP) is 3.74. The molecule has 0 atom stereocenters. The van der Waals surface area contributed by atoms with Crippen LogP contribution in [0.4, 0.5) is 11.4 Å². The summed E-state index contributed by atoms with van der Waals surface area (Å²) < 4.78 is 0. The summed E-state index contributed by atoms with van der Waals surface area (Å²) in [5.41, 5.74) is 4.16. The Bertz CT molecular complexity index is 1220. The Hall–Kier alpha value is -4.26. The summed E-state index contributed by atoms with van der Waals surface area (Å²) in [6.45, 7) is 3.48. The van der Waals surface area contributed by atoms with E-state index in [1.807, 2.05) is 37.3 Å². The van der Waals surface area contributed by atoms with Gasteiger partial charge in [0, 0.05) is 30.7 Å². The second kappa shape index (κ2) is 8.85. The fourth-order valence-corrected chi connectivity index (χ4v) is 3.55. The number of rotatable bonds is 6. The average Bonchev–Trinajstić information content (AvgIpc) is 3.00. The fourth-order valence-electron chi connectivity index (χ4n) is 3.55. The van der Waals surface area contributed by atoms with Gasteiger partial charge in [0.1, 0.15) is 5.70 Å². The Labute approximate surface area is 185 Å². The SMILES string of the molecule is CC(=O)Nc1ccc(C2=C(Nc3ccccc3C)C(=O)N(Cc3cccnc3)C2=O)cc1. The first-order valence-corrected chi connectivity index (χ1v) is 10.1. The van der Waals surface area contributed by atoms with E-state index in [-0.39, 0.29) is 29.6 Å². The number of hydrogen-bond acceptors (Lipinski definition) is 5. The molecule has 3 amide bonds. The number of aryl methyl sites for hydroxylation is 1. The lowest BCUT2D eigenvalue weighted by molar-refractivity contribution is -0.137. The van der Waals surface area contributed by atoms with Gasteiger partial charge in [-0.2, -0.15) is 0 Å². The van der Waals surface area contributed by atoms with Gasteiger partial charge in [0.2, 0.25) is 5.91 Å². The van der Waals surface area contributed by atoms with Gasteiger partial charge in [0.05, 0.1) is 12.1 Å². The molecule has 0 fully saturated rings. The average molecular weight is 426 g/mol. The summed E-state index contributed by atoms with van der Waals surface area (Å²) in [4.78, 5) is 43.3. The zero-order chi connectivity index (χ0) is 22.7. The lowest BCUT2D eigenvalue weighted by Crippen LogP contribution is -2.32. The Morgan fingerprint density at radius 3 is 2.38 bits per heavy atom. The molecule has 0 spiro atoms. The highest BCUT2D eigenvalue weighted by Gasteiger charge is 2.39. The molecule has 0 bridgehead atoms. The van der Waals surface area contributed by atoms with Crippen molar-refractivity contribution >= 4 is 34.7 Å². The zero-order valence-corrected chi connectivity index (χ0v) is 17.8. The summed E-state index contributed by atoms with van der Waals surface area (Å²) in [7, 11) is 0. The molecule has 4 rings (SSSR count). The van der Waals surface area contributed by atoms with E-state index >= 15 is 0 Å². The molecular weight excluding hydrogens is 404 g/mol. The van der Waals surface area contributed by atoms with E-state index in [2.05, 4.69) is 15.6 Å². The highest BCUT2D eigenvalue weighted by molar-refractivity contribution is 6.36. The van der Waals surface area contributed by atoms with E-state index in [4.69, 9.17) is 0 Å². The van der Waals surface area contributed by atoms with Crippen LogP contribution in [-0.2, 0) is 20.9 Å². The number of benzene rings is 2. The molecule has 7 nitrogen and oxygen atoms in total. The van der Waals surface area contributed by atoms with Crippen molar-refractivity contribution in [3.63, 3.8) is 0 Å². The van der Waals surface area contributed by atoms with Gasteiger partial charge in [-0.3, -0.25) is 24.3 Å². The van der Waals surface area contributed by atoms with Crippen molar-refractivity contribution in [1.82, 2.24) is 9.88 Å². The lowest BCUT2D eigenvalue weighted by Gasteiger charge is -2.15. The molecule has 2 aromatic carbocycles. The van der Waals surface area contributed by atoms with E-state index in [0.29, 0.717) is 11.3 Å². The zero-order valence-electron chi connectivity index (χ0n) is 17.8. The number of carbonyl (C=O) groups is 3. The number of carbonyl (C=O) groups excluding carboxylic acids is 3. The summed E-state index contributed by atoms with van der Waals surface area (Å²) in [6, 6.07) is 18.0. The molecule has 0 unspecified atom stereocenters. The molecule has 7 heteroatoms. The Balaban J connectivity index is 1.73. The number of hydrogen-bond donors (Lipinski definition) is 2. The second-order valence-electron chi connectivity index (χ2n) is 7.51. The molecule has 1 aromatic heterocycles. The van der Waals surface area contributed by atoms with Gasteiger partial charge in [0.15, 0.2) is 0 Å². The van der Waals surface area contributed by atoms with Crippen molar-refractivity contribution in [1.29, 1.82) is 0 Å². The third kappa shape index (κ3) is 4.27. The quantitative estimate of drug-likeness (QED) is 0.586. The molecule has 0 saturated heterocycles. The van der Waals surface area contributed by atoms with Gasteiger partial charge in [-0.05, 0) is 47.9 Å². The minimum Gasteiger partial charge on any atom is -0.350 e. The van der Waals surface area contributed by atoms with Gasteiger partial charge >= 0.3 is 0 Å². The highest BCUT2D eigenvalue weighted by atomic mass is 16.2. The largest absolute Gasteiger partial charge is 0.350 e. The Kier molecular flexibility index (Phi) is 5.81. The number of nitrogens with one attached hydrogen (secondary N) is 2. The molecule has 3 aromatic rings. The van der Waals surface area contributed by atoms with Crippen molar-refractivity contribution < 1.29 is 14.4 Å². The second-order valence-corrected chi connectivity index (χ2v) is 7.51. The molecule has 32 heavy (non-hydrogen) atoms. The number of para-hydroxylation sites is 1. The number of amides is 3. The number of pyridine rings is 1. The van der Waals surface area contributed by atoms with Crippen LogP contribution in [0.3, 0.4) is 0 Å². The highest BCUT2D eigenvalue weighted by Crippen LogP contribution is 2.32. The van der Waals surface area contributed by atoms with Gasteiger partial charge < -0.3 is 10.6 Å². The predicted molar refractivity (Wildman–Crippen MR) is 122 cm³/mol.